The van der Waals surface area contributed by atoms with Gasteiger partial charge in [-0.05, 0) is 59.8 Å². The Bertz CT molecular complexity index is 540. The van der Waals surface area contributed by atoms with Crippen molar-refractivity contribution in [2.75, 3.05) is 12.8 Å². The molecule has 1 heterocycles. The van der Waals surface area contributed by atoms with Gasteiger partial charge >= 0.3 is 0 Å². The third kappa shape index (κ3) is 3.86. The Labute approximate surface area is 129 Å². The standard InChI is InChI=1S/C14H22BrNO3S/c1-3-16-14(12-7-8-13(15)19-12)10-5-4-6-11(9-10)20(2,17)18/h7-8,10-11,14,16H,3-6,9H2,1-2H3. The second-order valence-corrected chi connectivity index (χ2v) is 8.66. The molecule has 1 N–H and O–H groups in total. The lowest BCUT2D eigenvalue weighted by Gasteiger charge is -2.33. The average Bonchev–Trinajstić information content (AvgIpc) is 2.81. The summed E-state index contributed by atoms with van der Waals surface area (Å²) in [5.74, 6) is 1.19. The predicted molar refractivity (Wildman–Crippen MR) is 83.4 cm³/mol. The van der Waals surface area contributed by atoms with E-state index < -0.39 is 9.84 Å². The lowest BCUT2D eigenvalue weighted by atomic mass is 9.82. The molecule has 3 atom stereocenters. The van der Waals surface area contributed by atoms with Crippen LogP contribution in [0.15, 0.2) is 21.2 Å². The van der Waals surface area contributed by atoms with Gasteiger partial charge in [-0.15, -0.1) is 0 Å². The highest BCUT2D eigenvalue weighted by Crippen LogP contribution is 2.37. The Morgan fingerprint density at radius 3 is 2.75 bits per heavy atom. The number of furan rings is 1. The topological polar surface area (TPSA) is 59.3 Å². The number of hydrogen-bond donors (Lipinski definition) is 1. The Kier molecular flexibility index (Phi) is 5.31. The van der Waals surface area contributed by atoms with Crippen LogP contribution in [0, 0.1) is 5.92 Å². The molecule has 0 aliphatic heterocycles. The van der Waals surface area contributed by atoms with E-state index in [0.29, 0.717) is 10.6 Å². The minimum atomic E-state index is -2.95. The molecular weight excluding hydrogens is 342 g/mol. The first-order valence-electron chi connectivity index (χ1n) is 7.09. The maximum absolute atomic E-state index is 11.8. The fraction of sp³-hybridized carbons (Fsp3) is 0.714. The largest absolute Gasteiger partial charge is 0.453 e. The van der Waals surface area contributed by atoms with Gasteiger partial charge in [0, 0.05) is 6.26 Å². The van der Waals surface area contributed by atoms with E-state index in [1.807, 2.05) is 12.1 Å². The first kappa shape index (κ1) is 16.0. The molecule has 3 unspecified atom stereocenters. The van der Waals surface area contributed by atoms with Crippen molar-refractivity contribution >= 4 is 25.8 Å². The van der Waals surface area contributed by atoms with Crippen LogP contribution in [0.3, 0.4) is 0 Å². The van der Waals surface area contributed by atoms with Gasteiger partial charge in [0.05, 0.1) is 11.3 Å². The Morgan fingerprint density at radius 2 is 2.20 bits per heavy atom. The van der Waals surface area contributed by atoms with Crippen molar-refractivity contribution < 1.29 is 12.8 Å². The molecule has 0 spiro atoms. The summed E-state index contributed by atoms with van der Waals surface area (Å²) < 4.78 is 30.0. The van der Waals surface area contributed by atoms with Crippen molar-refractivity contribution in [1.82, 2.24) is 5.32 Å². The maximum Gasteiger partial charge on any atom is 0.169 e. The van der Waals surface area contributed by atoms with Crippen molar-refractivity contribution in [1.29, 1.82) is 0 Å². The molecule has 20 heavy (non-hydrogen) atoms. The maximum atomic E-state index is 11.8. The number of nitrogens with one attached hydrogen (secondary N) is 1. The van der Waals surface area contributed by atoms with E-state index in [2.05, 4.69) is 28.2 Å². The highest BCUT2D eigenvalue weighted by molar-refractivity contribution is 9.10. The molecule has 1 aromatic rings. The Hall–Kier alpha value is -0.330. The molecule has 1 aromatic heterocycles. The van der Waals surface area contributed by atoms with Gasteiger partial charge in [-0.1, -0.05) is 13.3 Å². The van der Waals surface area contributed by atoms with Gasteiger partial charge in [0.2, 0.25) is 0 Å². The molecule has 1 saturated carbocycles. The van der Waals surface area contributed by atoms with Crippen molar-refractivity contribution in [3.05, 3.63) is 22.6 Å². The predicted octanol–water partition coefficient (Wildman–Crippen LogP) is 3.30. The first-order valence-corrected chi connectivity index (χ1v) is 9.84. The molecule has 0 saturated heterocycles. The van der Waals surface area contributed by atoms with Crippen LogP contribution in [0.5, 0.6) is 0 Å². The summed E-state index contributed by atoms with van der Waals surface area (Å²) in [5, 5.41) is 3.24. The van der Waals surface area contributed by atoms with Crippen LogP contribution in [0.25, 0.3) is 0 Å². The molecule has 0 bridgehead atoms. The summed E-state index contributed by atoms with van der Waals surface area (Å²) in [5.41, 5.74) is 0. The molecule has 0 amide bonds. The molecule has 1 fully saturated rings. The first-order chi connectivity index (χ1) is 9.41. The molecule has 2 rings (SSSR count). The van der Waals surface area contributed by atoms with E-state index in [-0.39, 0.29) is 11.3 Å². The zero-order chi connectivity index (χ0) is 14.8. The van der Waals surface area contributed by atoms with Crippen molar-refractivity contribution in [3.63, 3.8) is 0 Å². The van der Waals surface area contributed by atoms with Gasteiger partial charge in [0.1, 0.15) is 15.6 Å². The van der Waals surface area contributed by atoms with Crippen LogP contribution in [0.4, 0.5) is 0 Å². The molecule has 6 heteroatoms. The van der Waals surface area contributed by atoms with Crippen LogP contribution < -0.4 is 5.32 Å². The molecule has 1 aliphatic carbocycles. The summed E-state index contributed by atoms with van der Waals surface area (Å²) in [6, 6.07) is 3.94. The van der Waals surface area contributed by atoms with Crippen LogP contribution in [0.2, 0.25) is 0 Å². The summed E-state index contributed by atoms with van der Waals surface area (Å²) in [4.78, 5) is 0. The second-order valence-electron chi connectivity index (χ2n) is 5.56. The number of halogens is 1. The third-order valence-electron chi connectivity index (χ3n) is 4.07. The molecule has 1 aliphatic rings. The number of sulfone groups is 1. The van der Waals surface area contributed by atoms with Crippen LogP contribution in [-0.4, -0.2) is 26.5 Å². The minimum Gasteiger partial charge on any atom is -0.453 e. The van der Waals surface area contributed by atoms with Gasteiger partial charge in [-0.2, -0.15) is 0 Å². The van der Waals surface area contributed by atoms with Crippen LogP contribution in [-0.2, 0) is 9.84 Å². The van der Waals surface area contributed by atoms with E-state index in [1.165, 1.54) is 6.26 Å². The lowest BCUT2D eigenvalue weighted by Crippen LogP contribution is -2.35. The normalized spacial score (nSPS) is 25.6. The quantitative estimate of drug-likeness (QED) is 0.871. The van der Waals surface area contributed by atoms with Crippen molar-refractivity contribution in [2.45, 2.75) is 43.9 Å². The Morgan fingerprint density at radius 1 is 1.45 bits per heavy atom. The highest BCUT2D eigenvalue weighted by atomic mass is 79.9. The fourth-order valence-corrected chi connectivity index (χ4v) is 4.60. The van der Waals surface area contributed by atoms with E-state index in [1.54, 1.807) is 0 Å². The summed E-state index contributed by atoms with van der Waals surface area (Å²) in [6.07, 6.45) is 4.87. The number of hydrogen-bond acceptors (Lipinski definition) is 4. The van der Waals surface area contributed by atoms with E-state index >= 15 is 0 Å². The van der Waals surface area contributed by atoms with E-state index in [9.17, 15) is 8.42 Å². The Balaban J connectivity index is 2.17. The van der Waals surface area contributed by atoms with Crippen LogP contribution >= 0.6 is 15.9 Å². The average molecular weight is 364 g/mol. The van der Waals surface area contributed by atoms with Gasteiger partial charge in [-0.25, -0.2) is 8.42 Å². The second kappa shape index (κ2) is 6.62. The summed E-state index contributed by atoms with van der Waals surface area (Å²) in [6.45, 7) is 2.89. The zero-order valence-corrected chi connectivity index (χ0v) is 14.3. The number of rotatable bonds is 5. The van der Waals surface area contributed by atoms with Crippen molar-refractivity contribution in [2.24, 2.45) is 5.92 Å². The third-order valence-corrected chi connectivity index (χ3v) is 6.13. The smallest absolute Gasteiger partial charge is 0.169 e. The highest BCUT2D eigenvalue weighted by Gasteiger charge is 2.34. The molecule has 114 valence electrons. The monoisotopic (exact) mass is 363 g/mol. The van der Waals surface area contributed by atoms with Gasteiger partial charge in [0.15, 0.2) is 4.67 Å². The van der Waals surface area contributed by atoms with Crippen LogP contribution in [0.1, 0.15) is 44.4 Å². The van der Waals surface area contributed by atoms with E-state index in [0.717, 1.165) is 38.0 Å². The van der Waals surface area contributed by atoms with E-state index in [4.69, 9.17) is 4.42 Å². The minimum absolute atomic E-state index is 0.0934. The van der Waals surface area contributed by atoms with Gasteiger partial charge < -0.3 is 9.73 Å². The zero-order valence-electron chi connectivity index (χ0n) is 11.9. The SMILES string of the molecule is CCNC(c1ccc(Br)o1)C1CCCC(S(C)(=O)=O)C1. The van der Waals surface area contributed by atoms with Crippen molar-refractivity contribution in [3.8, 4) is 0 Å². The van der Waals surface area contributed by atoms with Gasteiger partial charge in [0.25, 0.3) is 0 Å². The molecule has 4 nitrogen and oxygen atoms in total. The molecular formula is C14H22BrNO3S. The fourth-order valence-electron chi connectivity index (χ4n) is 3.09. The summed E-state index contributed by atoms with van der Waals surface area (Å²) >= 11 is 3.33. The molecule has 0 radical (unpaired) electrons. The van der Waals surface area contributed by atoms with Gasteiger partial charge in [-0.3, -0.25) is 0 Å². The summed E-state index contributed by atoms with van der Waals surface area (Å²) in [7, 11) is -2.95. The lowest BCUT2D eigenvalue weighted by molar-refractivity contribution is 0.246. The molecule has 0 aromatic carbocycles.